The number of aromatic nitrogens is 1. The largest absolute Gasteiger partial charge is 0.377 e. The van der Waals surface area contributed by atoms with E-state index in [0.717, 1.165) is 5.69 Å². The van der Waals surface area contributed by atoms with Crippen LogP contribution in [0.1, 0.15) is 21.4 Å². The summed E-state index contributed by atoms with van der Waals surface area (Å²) in [5, 5.41) is 0. The number of amides is 1. The highest BCUT2D eigenvalue weighted by Gasteiger charge is 2.31. The van der Waals surface area contributed by atoms with E-state index >= 15 is 0 Å². The van der Waals surface area contributed by atoms with E-state index in [1.807, 2.05) is 34.8 Å². The van der Waals surface area contributed by atoms with Gasteiger partial charge in [-0.05, 0) is 24.3 Å². The van der Waals surface area contributed by atoms with E-state index in [9.17, 15) is 4.79 Å². The molecule has 1 amide bonds. The molecule has 4 nitrogen and oxygen atoms in total. The summed E-state index contributed by atoms with van der Waals surface area (Å²) < 4.78 is 8.22. The molecule has 1 aliphatic rings. The molecule has 1 fully saturated rings. The topological polar surface area (TPSA) is 34.5 Å². The molecular weight excluding hydrogens is 296 g/mol. The highest BCUT2D eigenvalue weighted by molar-refractivity contribution is 7.17. The molecule has 0 bridgehead atoms. The van der Waals surface area contributed by atoms with Crippen LogP contribution < -0.4 is 0 Å². The number of hydrogen-bond acceptors (Lipinski definition) is 3. The SMILES string of the molecule is Cn1cccc1[C@@H]1COCCN1C(=O)c1ccc(Cl)s1. The molecule has 0 unspecified atom stereocenters. The fraction of sp³-hybridized carbons (Fsp3) is 0.357. The standard InChI is InChI=1S/C14H15ClN2O2S/c1-16-6-2-3-10(16)11-9-19-8-7-17(11)14(18)12-4-5-13(15)20-12/h2-6,11H,7-9H2,1H3/t11-/m0/s1. The minimum Gasteiger partial charge on any atom is -0.377 e. The Hall–Kier alpha value is -1.30. The van der Waals surface area contributed by atoms with E-state index in [4.69, 9.17) is 16.3 Å². The lowest BCUT2D eigenvalue weighted by molar-refractivity contribution is -0.00437. The Morgan fingerprint density at radius 3 is 2.95 bits per heavy atom. The van der Waals surface area contributed by atoms with Crippen molar-refractivity contribution in [2.75, 3.05) is 19.8 Å². The summed E-state index contributed by atoms with van der Waals surface area (Å²) in [5.74, 6) is 0.0244. The summed E-state index contributed by atoms with van der Waals surface area (Å²) in [6, 6.07) is 7.51. The second-order valence-electron chi connectivity index (χ2n) is 4.74. The highest BCUT2D eigenvalue weighted by Crippen LogP contribution is 2.29. The van der Waals surface area contributed by atoms with E-state index in [-0.39, 0.29) is 11.9 Å². The molecule has 1 atom stereocenters. The van der Waals surface area contributed by atoms with Crippen molar-refractivity contribution in [3.63, 3.8) is 0 Å². The van der Waals surface area contributed by atoms with Gasteiger partial charge in [-0.2, -0.15) is 0 Å². The molecule has 6 heteroatoms. The van der Waals surface area contributed by atoms with Crippen molar-refractivity contribution in [3.8, 4) is 0 Å². The van der Waals surface area contributed by atoms with Crippen molar-refractivity contribution in [1.29, 1.82) is 0 Å². The lowest BCUT2D eigenvalue weighted by Gasteiger charge is -2.35. The van der Waals surface area contributed by atoms with Crippen LogP contribution in [0.5, 0.6) is 0 Å². The second-order valence-corrected chi connectivity index (χ2v) is 6.45. The van der Waals surface area contributed by atoms with Gasteiger partial charge in [0.05, 0.1) is 28.5 Å². The minimum atomic E-state index is -0.0443. The average molecular weight is 311 g/mol. The Balaban J connectivity index is 1.89. The van der Waals surface area contributed by atoms with E-state index < -0.39 is 0 Å². The van der Waals surface area contributed by atoms with Crippen LogP contribution in [0.3, 0.4) is 0 Å². The van der Waals surface area contributed by atoms with Gasteiger partial charge in [0.15, 0.2) is 0 Å². The smallest absolute Gasteiger partial charge is 0.264 e. The molecule has 20 heavy (non-hydrogen) atoms. The normalized spacial score (nSPS) is 19.3. The fourth-order valence-electron chi connectivity index (χ4n) is 2.48. The zero-order chi connectivity index (χ0) is 14.1. The van der Waals surface area contributed by atoms with Gasteiger partial charge >= 0.3 is 0 Å². The van der Waals surface area contributed by atoms with Crippen LogP contribution in [0.4, 0.5) is 0 Å². The molecule has 1 aliphatic heterocycles. The number of aryl methyl sites for hydroxylation is 1. The first kappa shape index (κ1) is 13.7. The van der Waals surface area contributed by atoms with E-state index in [0.29, 0.717) is 29.0 Å². The van der Waals surface area contributed by atoms with Crippen molar-refractivity contribution in [1.82, 2.24) is 9.47 Å². The third kappa shape index (κ3) is 2.49. The summed E-state index contributed by atoms with van der Waals surface area (Å²) in [5.41, 5.74) is 1.08. The van der Waals surface area contributed by atoms with Crippen LogP contribution in [0, 0.1) is 0 Å². The minimum absolute atomic E-state index is 0.0244. The molecule has 106 valence electrons. The zero-order valence-electron chi connectivity index (χ0n) is 11.1. The summed E-state index contributed by atoms with van der Waals surface area (Å²) in [6.07, 6.45) is 1.98. The van der Waals surface area contributed by atoms with Crippen LogP contribution >= 0.6 is 22.9 Å². The lowest BCUT2D eigenvalue weighted by Crippen LogP contribution is -2.43. The number of halogens is 1. The molecule has 0 N–H and O–H groups in total. The van der Waals surface area contributed by atoms with Crippen molar-refractivity contribution in [2.45, 2.75) is 6.04 Å². The first-order chi connectivity index (χ1) is 9.66. The van der Waals surface area contributed by atoms with Gasteiger partial charge in [-0.15, -0.1) is 11.3 Å². The Labute approximate surface area is 126 Å². The Kier molecular flexibility index (Phi) is 3.83. The van der Waals surface area contributed by atoms with Crippen molar-refractivity contribution < 1.29 is 9.53 Å². The van der Waals surface area contributed by atoms with Gasteiger partial charge in [0.1, 0.15) is 0 Å². The number of ether oxygens (including phenoxy) is 1. The number of thiophene rings is 1. The molecule has 0 spiro atoms. The van der Waals surface area contributed by atoms with Crippen LogP contribution in [-0.2, 0) is 11.8 Å². The molecule has 3 rings (SSSR count). The number of carbonyl (C=O) groups excluding carboxylic acids is 1. The maximum Gasteiger partial charge on any atom is 0.264 e. The van der Waals surface area contributed by atoms with Gasteiger partial charge in [0.25, 0.3) is 5.91 Å². The number of hydrogen-bond donors (Lipinski definition) is 0. The van der Waals surface area contributed by atoms with Crippen LogP contribution in [0.15, 0.2) is 30.5 Å². The van der Waals surface area contributed by atoms with Crippen molar-refractivity contribution in [2.24, 2.45) is 7.05 Å². The van der Waals surface area contributed by atoms with Crippen LogP contribution in [0.2, 0.25) is 4.34 Å². The summed E-state index contributed by atoms with van der Waals surface area (Å²) >= 11 is 7.24. The third-order valence-corrected chi connectivity index (χ3v) is 4.72. The number of rotatable bonds is 2. The van der Waals surface area contributed by atoms with E-state index in [1.165, 1.54) is 11.3 Å². The summed E-state index contributed by atoms with van der Waals surface area (Å²) in [6.45, 7) is 1.71. The summed E-state index contributed by atoms with van der Waals surface area (Å²) in [4.78, 5) is 15.2. The van der Waals surface area contributed by atoms with Crippen molar-refractivity contribution >= 4 is 28.8 Å². The molecule has 2 aromatic heterocycles. The number of nitrogens with zero attached hydrogens (tertiary/aromatic N) is 2. The maximum absolute atomic E-state index is 12.6. The quantitative estimate of drug-likeness (QED) is 0.854. The van der Waals surface area contributed by atoms with Crippen molar-refractivity contribution in [3.05, 3.63) is 45.4 Å². The molecule has 0 aliphatic carbocycles. The van der Waals surface area contributed by atoms with Crippen LogP contribution in [-0.4, -0.2) is 35.1 Å². The predicted molar refractivity (Wildman–Crippen MR) is 79.3 cm³/mol. The Morgan fingerprint density at radius 2 is 2.30 bits per heavy atom. The van der Waals surface area contributed by atoms with Gasteiger partial charge in [-0.25, -0.2) is 0 Å². The zero-order valence-corrected chi connectivity index (χ0v) is 12.7. The highest BCUT2D eigenvalue weighted by atomic mass is 35.5. The fourth-order valence-corrected chi connectivity index (χ4v) is 3.48. The van der Waals surface area contributed by atoms with Gasteiger partial charge in [-0.3, -0.25) is 4.79 Å². The van der Waals surface area contributed by atoms with Gasteiger partial charge in [0, 0.05) is 25.5 Å². The number of carbonyl (C=O) groups is 1. The van der Waals surface area contributed by atoms with Crippen LogP contribution in [0.25, 0.3) is 0 Å². The first-order valence-corrected chi connectivity index (χ1v) is 7.61. The summed E-state index contributed by atoms with van der Waals surface area (Å²) in [7, 11) is 1.98. The predicted octanol–water partition coefficient (Wildman–Crippen LogP) is 2.95. The second kappa shape index (κ2) is 5.60. The molecule has 0 saturated carbocycles. The first-order valence-electron chi connectivity index (χ1n) is 6.42. The molecule has 0 radical (unpaired) electrons. The monoisotopic (exact) mass is 310 g/mol. The van der Waals surface area contributed by atoms with E-state index in [1.54, 1.807) is 12.1 Å². The molecule has 1 saturated heterocycles. The van der Waals surface area contributed by atoms with Gasteiger partial charge < -0.3 is 14.2 Å². The Morgan fingerprint density at radius 1 is 1.45 bits per heavy atom. The molecular formula is C14H15ClN2O2S. The Bertz CT molecular complexity index is 622. The average Bonchev–Trinajstić information content (AvgIpc) is 3.07. The molecule has 3 heterocycles. The third-order valence-electron chi connectivity index (χ3n) is 3.50. The molecule has 0 aromatic carbocycles. The lowest BCUT2D eigenvalue weighted by atomic mass is 10.1. The number of morpholine rings is 1. The van der Waals surface area contributed by atoms with E-state index in [2.05, 4.69) is 0 Å². The van der Waals surface area contributed by atoms with Gasteiger partial charge in [-0.1, -0.05) is 11.6 Å². The van der Waals surface area contributed by atoms with Gasteiger partial charge in [0.2, 0.25) is 0 Å². The maximum atomic E-state index is 12.6. The molecule has 2 aromatic rings.